The Labute approximate surface area is 169 Å². The molecule has 1 N–H and O–H groups in total. The van der Waals surface area contributed by atoms with Gasteiger partial charge in [0.2, 0.25) is 0 Å². The van der Waals surface area contributed by atoms with E-state index in [0.29, 0.717) is 5.69 Å². The van der Waals surface area contributed by atoms with E-state index in [1.807, 2.05) is 4.90 Å². The highest BCUT2D eigenvalue weighted by atomic mass is 19.4. The fraction of sp³-hybridized carbons (Fsp3) is 0.250. The van der Waals surface area contributed by atoms with Crippen LogP contribution in [0.25, 0.3) is 0 Å². The Bertz CT molecular complexity index is 991. The number of nitrogens with zero attached hydrogens (tertiary/aromatic N) is 3. The highest BCUT2D eigenvalue weighted by molar-refractivity contribution is 6.04. The van der Waals surface area contributed by atoms with Crippen LogP contribution in [0.2, 0.25) is 0 Å². The zero-order valence-corrected chi connectivity index (χ0v) is 15.5. The Morgan fingerprint density at radius 1 is 1.00 bits per heavy atom. The molecule has 30 heavy (non-hydrogen) atoms. The third-order valence-electron chi connectivity index (χ3n) is 4.64. The Hall–Kier alpha value is -3.61. The first kappa shape index (κ1) is 21.1. The van der Waals surface area contributed by atoms with Crippen LogP contribution in [-0.4, -0.2) is 49.1 Å². The average molecular weight is 420 g/mol. The van der Waals surface area contributed by atoms with Gasteiger partial charge in [-0.25, -0.2) is 4.39 Å². The SMILES string of the molecule is N#Cc1ccc(C(=O)Nc2ccc(N3CCN(C(=O)C(F)(F)F)CC3)cc2)c(F)c1. The van der Waals surface area contributed by atoms with Gasteiger partial charge in [-0.3, -0.25) is 9.59 Å². The van der Waals surface area contributed by atoms with Crippen LogP contribution in [0.5, 0.6) is 0 Å². The van der Waals surface area contributed by atoms with Crippen LogP contribution in [0.15, 0.2) is 42.5 Å². The standard InChI is InChI=1S/C20H16F4N4O2/c21-17-11-13(12-25)1-6-16(17)18(29)26-14-2-4-15(5-3-14)27-7-9-28(10-8-27)19(30)20(22,23)24/h1-6,11H,7-10H2,(H,26,29). The predicted molar refractivity (Wildman–Crippen MR) is 100 cm³/mol. The van der Waals surface area contributed by atoms with Crippen molar-refractivity contribution in [2.24, 2.45) is 0 Å². The lowest BCUT2D eigenvalue weighted by atomic mass is 10.1. The smallest absolute Gasteiger partial charge is 0.368 e. The zero-order valence-electron chi connectivity index (χ0n) is 15.5. The molecule has 0 atom stereocenters. The van der Waals surface area contributed by atoms with Gasteiger partial charge in [0.15, 0.2) is 0 Å². The van der Waals surface area contributed by atoms with E-state index in [1.54, 1.807) is 30.3 Å². The molecule has 0 unspecified atom stereocenters. The fourth-order valence-electron chi connectivity index (χ4n) is 3.07. The summed E-state index contributed by atoms with van der Waals surface area (Å²) in [6.07, 6.45) is -4.88. The second-order valence-electron chi connectivity index (χ2n) is 6.58. The van der Waals surface area contributed by atoms with Crippen LogP contribution in [-0.2, 0) is 4.79 Å². The van der Waals surface area contributed by atoms with Crippen LogP contribution >= 0.6 is 0 Å². The van der Waals surface area contributed by atoms with Gasteiger partial charge in [-0.2, -0.15) is 18.4 Å². The number of anilines is 2. The van der Waals surface area contributed by atoms with E-state index in [0.717, 1.165) is 16.7 Å². The molecular formula is C20H16F4N4O2. The van der Waals surface area contributed by atoms with Gasteiger partial charge in [-0.1, -0.05) is 0 Å². The zero-order chi connectivity index (χ0) is 21.9. The normalized spacial score (nSPS) is 14.2. The van der Waals surface area contributed by atoms with Gasteiger partial charge in [0, 0.05) is 37.6 Å². The van der Waals surface area contributed by atoms with E-state index in [1.165, 1.54) is 12.1 Å². The summed E-state index contributed by atoms with van der Waals surface area (Å²) in [5.41, 5.74) is 1.02. The van der Waals surface area contributed by atoms with E-state index in [4.69, 9.17) is 5.26 Å². The van der Waals surface area contributed by atoms with E-state index in [2.05, 4.69) is 5.32 Å². The molecule has 1 aliphatic rings. The number of carbonyl (C=O) groups is 2. The van der Waals surface area contributed by atoms with Crippen LogP contribution < -0.4 is 10.2 Å². The molecule has 0 radical (unpaired) electrons. The Kier molecular flexibility index (Phi) is 5.91. The van der Waals surface area contributed by atoms with Crippen LogP contribution in [0.3, 0.4) is 0 Å². The minimum atomic E-state index is -4.88. The van der Waals surface area contributed by atoms with E-state index >= 15 is 0 Å². The highest BCUT2D eigenvalue weighted by Crippen LogP contribution is 2.23. The second-order valence-corrected chi connectivity index (χ2v) is 6.58. The summed E-state index contributed by atoms with van der Waals surface area (Å²) < 4.78 is 51.5. The maximum atomic E-state index is 13.9. The van der Waals surface area contributed by atoms with Crippen LogP contribution in [0.1, 0.15) is 15.9 Å². The van der Waals surface area contributed by atoms with Crippen molar-refractivity contribution in [2.75, 3.05) is 36.4 Å². The number of halogens is 4. The Morgan fingerprint density at radius 2 is 1.63 bits per heavy atom. The number of carbonyl (C=O) groups excluding carboxylic acids is 2. The first-order valence-corrected chi connectivity index (χ1v) is 8.91. The van der Waals surface area contributed by atoms with Gasteiger partial charge >= 0.3 is 12.1 Å². The number of benzene rings is 2. The summed E-state index contributed by atoms with van der Waals surface area (Å²) in [6, 6.07) is 11.8. The largest absolute Gasteiger partial charge is 0.471 e. The molecule has 0 spiro atoms. The van der Waals surface area contributed by atoms with E-state index in [-0.39, 0.29) is 37.3 Å². The molecule has 1 saturated heterocycles. The maximum absolute atomic E-state index is 13.9. The number of nitrogens with one attached hydrogen (secondary N) is 1. The lowest BCUT2D eigenvalue weighted by molar-refractivity contribution is -0.185. The summed E-state index contributed by atoms with van der Waals surface area (Å²) in [5, 5.41) is 11.3. The molecule has 6 nitrogen and oxygen atoms in total. The number of hydrogen-bond acceptors (Lipinski definition) is 4. The molecule has 156 valence electrons. The van der Waals surface area contributed by atoms with Gasteiger partial charge in [-0.05, 0) is 42.5 Å². The number of nitriles is 1. The first-order valence-electron chi connectivity index (χ1n) is 8.91. The monoisotopic (exact) mass is 420 g/mol. The highest BCUT2D eigenvalue weighted by Gasteiger charge is 2.43. The number of rotatable bonds is 3. The molecule has 1 heterocycles. The summed E-state index contributed by atoms with van der Waals surface area (Å²) in [4.78, 5) is 26.1. The third kappa shape index (κ3) is 4.68. The fourth-order valence-corrected chi connectivity index (χ4v) is 3.07. The van der Waals surface area contributed by atoms with Gasteiger partial charge in [-0.15, -0.1) is 0 Å². The number of hydrogen-bond donors (Lipinski definition) is 1. The van der Waals surface area contributed by atoms with Crippen molar-refractivity contribution in [3.63, 3.8) is 0 Å². The number of alkyl halides is 3. The number of amides is 2. The van der Waals surface area contributed by atoms with Crippen molar-refractivity contribution < 1.29 is 27.2 Å². The van der Waals surface area contributed by atoms with Crippen molar-refractivity contribution in [2.45, 2.75) is 6.18 Å². The van der Waals surface area contributed by atoms with Crippen molar-refractivity contribution >= 4 is 23.2 Å². The molecule has 2 aromatic rings. The molecule has 0 bridgehead atoms. The summed E-state index contributed by atoms with van der Waals surface area (Å²) in [7, 11) is 0. The Balaban J connectivity index is 1.60. The minimum absolute atomic E-state index is 0.0468. The summed E-state index contributed by atoms with van der Waals surface area (Å²) in [6.45, 7) is 0.386. The molecule has 10 heteroatoms. The van der Waals surface area contributed by atoms with Crippen molar-refractivity contribution in [1.29, 1.82) is 5.26 Å². The van der Waals surface area contributed by atoms with Crippen molar-refractivity contribution in [3.05, 3.63) is 59.4 Å². The molecule has 1 fully saturated rings. The molecule has 2 amide bonds. The molecule has 0 aliphatic carbocycles. The lowest BCUT2D eigenvalue weighted by Crippen LogP contribution is -2.52. The lowest BCUT2D eigenvalue weighted by Gasteiger charge is -2.36. The second kappa shape index (κ2) is 8.41. The van der Waals surface area contributed by atoms with Crippen molar-refractivity contribution in [3.8, 4) is 6.07 Å². The number of piperazine rings is 1. The molecule has 2 aromatic carbocycles. The quantitative estimate of drug-likeness (QED) is 0.774. The molecule has 0 saturated carbocycles. The van der Waals surface area contributed by atoms with Crippen molar-refractivity contribution in [1.82, 2.24) is 4.90 Å². The van der Waals surface area contributed by atoms with Gasteiger partial charge in [0.25, 0.3) is 5.91 Å². The van der Waals surface area contributed by atoms with Gasteiger partial charge in [0.05, 0.1) is 17.2 Å². The first-order chi connectivity index (χ1) is 14.2. The minimum Gasteiger partial charge on any atom is -0.368 e. The van der Waals surface area contributed by atoms with E-state index in [9.17, 15) is 27.2 Å². The van der Waals surface area contributed by atoms with Gasteiger partial charge in [0.1, 0.15) is 5.82 Å². The molecule has 1 aliphatic heterocycles. The molecule has 0 aromatic heterocycles. The van der Waals surface area contributed by atoms with Crippen LogP contribution in [0, 0.1) is 17.1 Å². The summed E-state index contributed by atoms with van der Waals surface area (Å²) in [5.74, 6) is -3.33. The van der Waals surface area contributed by atoms with Crippen LogP contribution in [0.4, 0.5) is 28.9 Å². The van der Waals surface area contributed by atoms with Gasteiger partial charge < -0.3 is 15.1 Å². The predicted octanol–water partition coefficient (Wildman–Crippen LogP) is 3.16. The topological polar surface area (TPSA) is 76.4 Å². The Morgan fingerprint density at radius 3 is 2.17 bits per heavy atom. The molecular weight excluding hydrogens is 404 g/mol. The summed E-state index contributed by atoms with van der Waals surface area (Å²) >= 11 is 0. The maximum Gasteiger partial charge on any atom is 0.471 e. The average Bonchev–Trinajstić information content (AvgIpc) is 2.73. The van der Waals surface area contributed by atoms with E-state index < -0.39 is 23.8 Å². The third-order valence-corrected chi connectivity index (χ3v) is 4.64. The molecule has 3 rings (SSSR count).